The van der Waals surface area contributed by atoms with E-state index in [1.54, 1.807) is 28.3 Å². The van der Waals surface area contributed by atoms with Crippen LogP contribution in [0.5, 0.6) is 0 Å². The maximum atomic E-state index is 12.3. The molecule has 1 fully saturated rings. The van der Waals surface area contributed by atoms with Gasteiger partial charge in [0.2, 0.25) is 5.91 Å². The number of H-pyrrole nitrogens is 1. The zero-order valence-corrected chi connectivity index (χ0v) is 13.3. The Morgan fingerprint density at radius 2 is 1.91 bits per heavy atom. The van der Waals surface area contributed by atoms with Crippen LogP contribution in [-0.2, 0) is 11.2 Å². The minimum atomic E-state index is -0.0891. The van der Waals surface area contributed by atoms with Gasteiger partial charge in [0.15, 0.2) is 0 Å². The third-order valence-corrected chi connectivity index (χ3v) is 4.07. The number of amides is 2. The molecule has 0 radical (unpaired) electrons. The molecular weight excluding hydrogens is 316 g/mol. The topological polar surface area (TPSA) is 69.3 Å². The van der Waals surface area contributed by atoms with Crippen molar-refractivity contribution in [2.24, 2.45) is 0 Å². The smallest absolute Gasteiger partial charge is 0.270 e. The zero-order chi connectivity index (χ0) is 16.2. The first-order valence-electron chi connectivity index (χ1n) is 7.44. The van der Waals surface area contributed by atoms with E-state index in [4.69, 9.17) is 11.6 Å². The lowest BCUT2D eigenvalue weighted by molar-refractivity contribution is -0.132. The highest BCUT2D eigenvalue weighted by Gasteiger charge is 2.25. The molecule has 2 amide bonds. The van der Waals surface area contributed by atoms with Crippen LogP contribution in [0.3, 0.4) is 0 Å². The van der Waals surface area contributed by atoms with E-state index >= 15 is 0 Å². The standard InChI is InChI=1S/C16H17ClN4O2/c17-12-9-14(19-11-12)16(23)21-7-5-20(6-8-21)15(22)10-13-3-1-2-4-18-13/h1-4,9,11,19H,5-8,10H2. The summed E-state index contributed by atoms with van der Waals surface area (Å²) in [5, 5.41) is 0.512. The normalized spacial score (nSPS) is 14.8. The van der Waals surface area contributed by atoms with Crippen molar-refractivity contribution in [1.82, 2.24) is 19.8 Å². The molecule has 3 heterocycles. The summed E-state index contributed by atoms with van der Waals surface area (Å²) in [6.07, 6.45) is 3.56. The van der Waals surface area contributed by atoms with Crippen molar-refractivity contribution in [3.63, 3.8) is 0 Å². The largest absolute Gasteiger partial charge is 0.356 e. The first kappa shape index (κ1) is 15.6. The molecule has 0 unspecified atom stereocenters. The fourth-order valence-electron chi connectivity index (χ4n) is 2.59. The number of piperazine rings is 1. The van der Waals surface area contributed by atoms with Crippen LogP contribution >= 0.6 is 11.6 Å². The summed E-state index contributed by atoms with van der Waals surface area (Å²) in [5.74, 6) is -0.0487. The number of aromatic nitrogens is 2. The van der Waals surface area contributed by atoms with Crippen molar-refractivity contribution < 1.29 is 9.59 Å². The average molecular weight is 333 g/mol. The van der Waals surface area contributed by atoms with Gasteiger partial charge in [-0.3, -0.25) is 14.6 Å². The fourth-order valence-corrected chi connectivity index (χ4v) is 2.75. The predicted octanol–water partition coefficient (Wildman–Crippen LogP) is 1.59. The number of carbonyl (C=O) groups is 2. The van der Waals surface area contributed by atoms with Gasteiger partial charge in [0.25, 0.3) is 5.91 Å². The van der Waals surface area contributed by atoms with Crippen molar-refractivity contribution in [2.75, 3.05) is 26.2 Å². The molecule has 1 N–H and O–H groups in total. The number of hydrogen-bond acceptors (Lipinski definition) is 3. The first-order valence-corrected chi connectivity index (χ1v) is 7.82. The number of halogens is 1. The van der Waals surface area contributed by atoms with E-state index in [1.807, 2.05) is 18.2 Å². The van der Waals surface area contributed by atoms with E-state index < -0.39 is 0 Å². The number of pyridine rings is 1. The summed E-state index contributed by atoms with van der Waals surface area (Å²) in [6.45, 7) is 2.10. The quantitative estimate of drug-likeness (QED) is 0.928. The third kappa shape index (κ3) is 3.71. The molecule has 1 saturated heterocycles. The highest BCUT2D eigenvalue weighted by molar-refractivity contribution is 6.30. The Bertz CT molecular complexity index is 693. The molecule has 2 aromatic heterocycles. The van der Waals surface area contributed by atoms with Gasteiger partial charge in [-0.15, -0.1) is 0 Å². The van der Waals surface area contributed by atoms with Crippen molar-refractivity contribution in [1.29, 1.82) is 0 Å². The SMILES string of the molecule is O=C(Cc1ccccn1)N1CCN(C(=O)c2cc(Cl)c[nH]2)CC1. The maximum Gasteiger partial charge on any atom is 0.270 e. The molecule has 0 aliphatic carbocycles. The van der Waals surface area contributed by atoms with Gasteiger partial charge in [0.05, 0.1) is 11.4 Å². The van der Waals surface area contributed by atoms with Crippen LogP contribution in [0.2, 0.25) is 5.02 Å². The Labute approximate surface area is 139 Å². The number of hydrogen-bond donors (Lipinski definition) is 1. The Hall–Kier alpha value is -2.34. The molecule has 1 aliphatic heterocycles. The summed E-state index contributed by atoms with van der Waals surface area (Å²) in [6, 6.07) is 7.15. The lowest BCUT2D eigenvalue weighted by Gasteiger charge is -2.34. The minimum Gasteiger partial charge on any atom is -0.356 e. The molecule has 0 atom stereocenters. The third-order valence-electron chi connectivity index (χ3n) is 3.86. The summed E-state index contributed by atoms with van der Waals surface area (Å²) < 4.78 is 0. The molecule has 0 bridgehead atoms. The zero-order valence-electron chi connectivity index (χ0n) is 12.5. The van der Waals surface area contributed by atoms with Crippen LogP contribution in [0, 0.1) is 0 Å². The highest BCUT2D eigenvalue weighted by atomic mass is 35.5. The van der Waals surface area contributed by atoms with Crippen LogP contribution in [0.25, 0.3) is 0 Å². The Morgan fingerprint density at radius 1 is 1.17 bits per heavy atom. The van der Waals surface area contributed by atoms with Gasteiger partial charge in [-0.05, 0) is 18.2 Å². The number of aromatic amines is 1. The lowest BCUT2D eigenvalue weighted by Crippen LogP contribution is -2.51. The summed E-state index contributed by atoms with van der Waals surface area (Å²) >= 11 is 5.82. The van der Waals surface area contributed by atoms with Gasteiger partial charge in [-0.1, -0.05) is 17.7 Å². The summed E-state index contributed by atoms with van der Waals surface area (Å²) in [7, 11) is 0. The molecule has 3 rings (SSSR count). The van der Waals surface area contributed by atoms with E-state index in [1.165, 1.54) is 0 Å². The van der Waals surface area contributed by atoms with Gasteiger partial charge in [-0.25, -0.2) is 0 Å². The monoisotopic (exact) mass is 332 g/mol. The molecular formula is C16H17ClN4O2. The highest BCUT2D eigenvalue weighted by Crippen LogP contribution is 2.13. The van der Waals surface area contributed by atoms with Gasteiger partial charge in [-0.2, -0.15) is 0 Å². The molecule has 23 heavy (non-hydrogen) atoms. The summed E-state index contributed by atoms with van der Waals surface area (Å²) in [4.78, 5) is 35.1. The number of nitrogens with one attached hydrogen (secondary N) is 1. The first-order chi connectivity index (χ1) is 11.1. The molecule has 1 aliphatic rings. The number of nitrogens with zero attached hydrogens (tertiary/aromatic N) is 3. The van der Waals surface area contributed by atoms with Crippen molar-refractivity contribution in [3.8, 4) is 0 Å². The van der Waals surface area contributed by atoms with Crippen molar-refractivity contribution >= 4 is 23.4 Å². The molecule has 2 aromatic rings. The van der Waals surface area contributed by atoms with Crippen LogP contribution in [0.1, 0.15) is 16.2 Å². The second-order valence-corrected chi connectivity index (χ2v) is 5.84. The average Bonchev–Trinajstić information content (AvgIpc) is 3.02. The van der Waals surface area contributed by atoms with Gasteiger partial charge in [0, 0.05) is 44.3 Å². The second kappa shape index (κ2) is 6.83. The van der Waals surface area contributed by atoms with Gasteiger partial charge < -0.3 is 14.8 Å². The number of rotatable bonds is 3. The summed E-state index contributed by atoms with van der Waals surface area (Å²) in [5.41, 5.74) is 1.24. The van der Waals surface area contributed by atoms with Crippen LogP contribution in [-0.4, -0.2) is 57.8 Å². The van der Waals surface area contributed by atoms with Crippen LogP contribution in [0.4, 0.5) is 0 Å². The fraction of sp³-hybridized carbons (Fsp3) is 0.312. The van der Waals surface area contributed by atoms with Crippen molar-refractivity contribution in [3.05, 3.63) is 53.1 Å². The van der Waals surface area contributed by atoms with E-state index in [0.717, 1.165) is 5.69 Å². The molecule has 120 valence electrons. The Balaban J connectivity index is 1.54. The van der Waals surface area contributed by atoms with Gasteiger partial charge >= 0.3 is 0 Å². The van der Waals surface area contributed by atoms with E-state index in [2.05, 4.69) is 9.97 Å². The minimum absolute atomic E-state index is 0.0405. The molecule has 0 spiro atoms. The molecule has 0 aromatic carbocycles. The Morgan fingerprint density at radius 3 is 2.52 bits per heavy atom. The predicted molar refractivity (Wildman–Crippen MR) is 86.2 cm³/mol. The number of carbonyl (C=O) groups excluding carboxylic acids is 2. The molecule has 7 heteroatoms. The van der Waals surface area contributed by atoms with Crippen molar-refractivity contribution in [2.45, 2.75) is 6.42 Å². The molecule has 6 nitrogen and oxygen atoms in total. The van der Waals surface area contributed by atoms with E-state index in [9.17, 15) is 9.59 Å². The van der Waals surface area contributed by atoms with Gasteiger partial charge in [0.1, 0.15) is 5.69 Å². The van der Waals surface area contributed by atoms with E-state index in [-0.39, 0.29) is 11.8 Å². The van der Waals surface area contributed by atoms with Crippen LogP contribution in [0.15, 0.2) is 36.7 Å². The maximum absolute atomic E-state index is 12.3. The van der Waals surface area contributed by atoms with E-state index in [0.29, 0.717) is 43.3 Å². The molecule has 0 saturated carbocycles. The Kier molecular flexibility index (Phi) is 4.62. The lowest BCUT2D eigenvalue weighted by atomic mass is 10.2. The van der Waals surface area contributed by atoms with Crippen LogP contribution < -0.4 is 0 Å². The second-order valence-electron chi connectivity index (χ2n) is 5.40.